The van der Waals surface area contributed by atoms with E-state index in [0.29, 0.717) is 12.1 Å². The van der Waals surface area contributed by atoms with E-state index >= 15 is 0 Å². The summed E-state index contributed by atoms with van der Waals surface area (Å²) in [5, 5.41) is 4.76. The van der Waals surface area contributed by atoms with E-state index in [4.69, 9.17) is 9.73 Å². The molecule has 0 amide bonds. The molecule has 4 heteroatoms. The van der Waals surface area contributed by atoms with Gasteiger partial charge in [0, 0.05) is 23.8 Å². The number of hydrogen-bond donors (Lipinski definition) is 1. The lowest BCUT2D eigenvalue weighted by Crippen LogP contribution is -2.55. The summed E-state index contributed by atoms with van der Waals surface area (Å²) >= 11 is 1.87. The Balaban J connectivity index is 2.02. The number of amidine groups is 1. The minimum absolute atomic E-state index is 0.171. The first kappa shape index (κ1) is 14.2. The minimum atomic E-state index is 0.171. The van der Waals surface area contributed by atoms with E-state index in [2.05, 4.69) is 33.0 Å². The molecule has 2 aliphatic rings. The topological polar surface area (TPSA) is 33.6 Å². The maximum absolute atomic E-state index is 5.49. The third-order valence-corrected chi connectivity index (χ3v) is 5.65. The summed E-state index contributed by atoms with van der Waals surface area (Å²) in [4.78, 5) is 4.92. The van der Waals surface area contributed by atoms with Crippen LogP contribution >= 0.6 is 11.8 Å². The molecular weight excluding hydrogens is 244 g/mol. The number of hydrogen-bond acceptors (Lipinski definition) is 3. The van der Waals surface area contributed by atoms with E-state index in [1.807, 2.05) is 11.8 Å². The smallest absolute Gasteiger partial charge is 0.157 e. The normalized spacial score (nSPS) is 41.3. The number of nitrogens with one attached hydrogen (secondary N) is 1. The maximum Gasteiger partial charge on any atom is 0.157 e. The van der Waals surface area contributed by atoms with Crippen LogP contribution in [0.1, 0.15) is 47.0 Å². The van der Waals surface area contributed by atoms with Crippen LogP contribution in [0.25, 0.3) is 0 Å². The average molecular weight is 270 g/mol. The Hall–Kier alpha value is -0.220. The zero-order valence-corrected chi connectivity index (χ0v) is 13.1. The molecule has 1 heterocycles. The van der Waals surface area contributed by atoms with Crippen LogP contribution in [0.3, 0.4) is 0 Å². The Morgan fingerprint density at radius 3 is 2.72 bits per heavy atom. The third-order valence-electron chi connectivity index (χ3n) is 4.77. The van der Waals surface area contributed by atoms with Gasteiger partial charge in [0.15, 0.2) is 5.17 Å². The number of thioether (sulfide) groups is 1. The summed E-state index contributed by atoms with van der Waals surface area (Å²) in [5.74, 6) is 1.18. The predicted octanol–water partition coefficient (Wildman–Crippen LogP) is 3.05. The first-order valence-corrected chi connectivity index (χ1v) is 7.91. The zero-order chi connectivity index (χ0) is 13.4. The fraction of sp³-hybridized carbons (Fsp3) is 0.929. The van der Waals surface area contributed by atoms with Crippen molar-refractivity contribution in [2.75, 3.05) is 12.9 Å². The van der Waals surface area contributed by atoms with Gasteiger partial charge in [-0.25, -0.2) is 0 Å². The molecule has 3 atom stereocenters. The quantitative estimate of drug-likeness (QED) is 0.856. The molecule has 1 saturated heterocycles. The largest absolute Gasteiger partial charge is 0.381 e. The minimum Gasteiger partial charge on any atom is -0.381 e. The summed E-state index contributed by atoms with van der Waals surface area (Å²) in [5.41, 5.74) is 0.405. The van der Waals surface area contributed by atoms with Crippen LogP contribution in [-0.2, 0) is 4.74 Å². The molecule has 0 aromatic carbocycles. The Morgan fingerprint density at radius 1 is 1.44 bits per heavy atom. The van der Waals surface area contributed by atoms with Crippen molar-refractivity contribution in [3.63, 3.8) is 0 Å². The van der Waals surface area contributed by atoms with Crippen LogP contribution in [0.5, 0.6) is 0 Å². The molecule has 2 fully saturated rings. The van der Waals surface area contributed by atoms with Crippen molar-refractivity contribution < 1.29 is 4.74 Å². The monoisotopic (exact) mass is 270 g/mol. The highest BCUT2D eigenvalue weighted by atomic mass is 32.2. The molecule has 2 rings (SSSR count). The van der Waals surface area contributed by atoms with Gasteiger partial charge in [-0.1, -0.05) is 32.5 Å². The van der Waals surface area contributed by atoms with Crippen LogP contribution < -0.4 is 5.32 Å². The summed E-state index contributed by atoms with van der Waals surface area (Å²) < 4.78 is 5.49. The van der Waals surface area contributed by atoms with Gasteiger partial charge in [0.2, 0.25) is 0 Å². The Labute approximate surface area is 115 Å². The van der Waals surface area contributed by atoms with Gasteiger partial charge >= 0.3 is 0 Å². The molecule has 18 heavy (non-hydrogen) atoms. The highest BCUT2D eigenvalue weighted by molar-refractivity contribution is 8.13. The second-order valence-corrected chi connectivity index (χ2v) is 7.45. The maximum atomic E-state index is 5.49. The Bertz CT molecular complexity index is 343. The van der Waals surface area contributed by atoms with Gasteiger partial charge in [-0.2, -0.15) is 0 Å². The lowest BCUT2D eigenvalue weighted by molar-refractivity contribution is -0.0850. The van der Waals surface area contributed by atoms with Crippen LogP contribution in [0, 0.1) is 5.41 Å². The molecule has 0 aromatic rings. The SMILES string of the molecule is CCC1(C)CCSC(=NC2CC(OC)C2(C)C)N1. The summed E-state index contributed by atoms with van der Waals surface area (Å²) in [6.45, 7) is 9.05. The first-order valence-electron chi connectivity index (χ1n) is 6.93. The Kier molecular flexibility index (Phi) is 3.98. The fourth-order valence-corrected chi connectivity index (χ4v) is 3.96. The second kappa shape index (κ2) is 5.04. The average Bonchev–Trinajstić information content (AvgIpc) is 2.34. The van der Waals surface area contributed by atoms with Crippen molar-refractivity contribution in [3.8, 4) is 0 Å². The third kappa shape index (κ3) is 2.55. The summed E-state index contributed by atoms with van der Waals surface area (Å²) in [6.07, 6.45) is 3.79. The van der Waals surface area contributed by atoms with E-state index in [-0.39, 0.29) is 11.0 Å². The Morgan fingerprint density at radius 2 is 2.17 bits per heavy atom. The molecule has 0 spiro atoms. The van der Waals surface area contributed by atoms with Gasteiger partial charge in [-0.15, -0.1) is 0 Å². The van der Waals surface area contributed by atoms with E-state index < -0.39 is 0 Å². The molecule has 0 aromatic heterocycles. The molecule has 1 aliphatic carbocycles. The number of ether oxygens (including phenoxy) is 1. The van der Waals surface area contributed by atoms with Crippen molar-refractivity contribution in [1.29, 1.82) is 0 Å². The highest BCUT2D eigenvalue weighted by Crippen LogP contribution is 2.45. The lowest BCUT2D eigenvalue weighted by Gasteiger charge is -2.49. The van der Waals surface area contributed by atoms with Crippen molar-refractivity contribution in [3.05, 3.63) is 0 Å². The number of methoxy groups -OCH3 is 1. The standard InChI is InChI=1S/C14H26N2OS/c1-6-14(4)7-8-18-12(16-14)15-10-9-11(17-5)13(10,2)3/h10-11H,6-9H2,1-5H3,(H,15,16). The van der Waals surface area contributed by atoms with Gasteiger partial charge in [0.25, 0.3) is 0 Å². The van der Waals surface area contributed by atoms with Gasteiger partial charge in [0.05, 0.1) is 12.1 Å². The van der Waals surface area contributed by atoms with Gasteiger partial charge in [-0.05, 0) is 26.2 Å². The zero-order valence-electron chi connectivity index (χ0n) is 12.2. The fourth-order valence-electron chi connectivity index (χ4n) is 2.69. The van der Waals surface area contributed by atoms with E-state index in [1.165, 1.54) is 12.2 Å². The molecule has 1 N–H and O–H groups in total. The van der Waals surface area contributed by atoms with Crippen LogP contribution in [0.15, 0.2) is 4.99 Å². The van der Waals surface area contributed by atoms with Gasteiger partial charge in [-0.3, -0.25) is 4.99 Å². The van der Waals surface area contributed by atoms with E-state index in [0.717, 1.165) is 18.0 Å². The molecule has 0 radical (unpaired) electrons. The first-order chi connectivity index (χ1) is 8.41. The molecule has 1 saturated carbocycles. The summed E-state index contributed by atoms with van der Waals surface area (Å²) in [6, 6.07) is 0.400. The van der Waals surface area contributed by atoms with Crippen molar-refractivity contribution >= 4 is 16.9 Å². The lowest BCUT2D eigenvalue weighted by atomic mass is 9.65. The molecule has 1 aliphatic heterocycles. The number of aliphatic imine (C=N–C) groups is 1. The highest BCUT2D eigenvalue weighted by Gasteiger charge is 2.49. The van der Waals surface area contributed by atoms with Crippen molar-refractivity contribution in [2.45, 2.75) is 64.6 Å². The second-order valence-electron chi connectivity index (χ2n) is 6.37. The predicted molar refractivity (Wildman–Crippen MR) is 79.3 cm³/mol. The van der Waals surface area contributed by atoms with Crippen LogP contribution in [0.4, 0.5) is 0 Å². The molecule has 104 valence electrons. The molecule has 3 unspecified atom stereocenters. The molecular formula is C14H26N2OS. The number of rotatable bonds is 3. The van der Waals surface area contributed by atoms with Gasteiger partial charge < -0.3 is 10.1 Å². The summed E-state index contributed by atoms with van der Waals surface area (Å²) in [7, 11) is 1.80. The molecule has 3 nitrogen and oxygen atoms in total. The van der Waals surface area contributed by atoms with Crippen LogP contribution in [-0.4, -0.2) is 35.7 Å². The van der Waals surface area contributed by atoms with Crippen LogP contribution in [0.2, 0.25) is 0 Å². The molecule has 0 bridgehead atoms. The van der Waals surface area contributed by atoms with E-state index in [9.17, 15) is 0 Å². The van der Waals surface area contributed by atoms with Crippen molar-refractivity contribution in [2.24, 2.45) is 10.4 Å². The van der Waals surface area contributed by atoms with Gasteiger partial charge in [0.1, 0.15) is 0 Å². The van der Waals surface area contributed by atoms with E-state index in [1.54, 1.807) is 7.11 Å². The number of nitrogens with zero attached hydrogens (tertiary/aromatic N) is 1. The van der Waals surface area contributed by atoms with Crippen molar-refractivity contribution in [1.82, 2.24) is 5.32 Å².